The van der Waals surface area contributed by atoms with E-state index in [-0.39, 0.29) is 18.1 Å². The van der Waals surface area contributed by atoms with E-state index in [2.05, 4.69) is 22.5 Å². The Labute approximate surface area is 167 Å². The van der Waals surface area contributed by atoms with Gasteiger partial charge in [0.15, 0.2) is 5.96 Å². The molecular formula is C21H32N4O3. The van der Waals surface area contributed by atoms with Gasteiger partial charge in [-0.25, -0.2) is 0 Å². The summed E-state index contributed by atoms with van der Waals surface area (Å²) in [6, 6.07) is 7.94. The topological polar surface area (TPSA) is 75.2 Å². The second-order valence-electron chi connectivity index (χ2n) is 7.27. The fourth-order valence-corrected chi connectivity index (χ4v) is 3.66. The molecule has 0 aliphatic carbocycles. The molecule has 0 saturated carbocycles. The summed E-state index contributed by atoms with van der Waals surface area (Å²) in [4.78, 5) is 18.2. The van der Waals surface area contributed by atoms with Crippen LogP contribution in [0, 0.1) is 0 Å². The Bertz CT molecular complexity index is 656. The van der Waals surface area contributed by atoms with Gasteiger partial charge in [-0.15, -0.1) is 0 Å². The van der Waals surface area contributed by atoms with Crippen molar-refractivity contribution in [1.82, 2.24) is 10.2 Å². The number of ether oxygens (including phenoxy) is 2. The Balaban J connectivity index is 1.55. The van der Waals surface area contributed by atoms with E-state index in [1.54, 1.807) is 0 Å². The quantitative estimate of drug-likeness (QED) is 0.576. The van der Waals surface area contributed by atoms with Crippen LogP contribution in [0.5, 0.6) is 0 Å². The predicted molar refractivity (Wildman–Crippen MR) is 111 cm³/mol. The highest BCUT2D eigenvalue weighted by atomic mass is 16.5. The third kappa shape index (κ3) is 5.94. The van der Waals surface area contributed by atoms with Crippen molar-refractivity contribution in [3.05, 3.63) is 29.8 Å². The molecule has 7 heteroatoms. The van der Waals surface area contributed by atoms with Crippen molar-refractivity contribution in [3.63, 3.8) is 0 Å². The van der Waals surface area contributed by atoms with Gasteiger partial charge >= 0.3 is 0 Å². The summed E-state index contributed by atoms with van der Waals surface area (Å²) in [7, 11) is 0. The number of benzene rings is 1. The van der Waals surface area contributed by atoms with E-state index in [0.29, 0.717) is 13.2 Å². The first-order valence-corrected chi connectivity index (χ1v) is 10.3. The fraction of sp³-hybridized carbons (Fsp3) is 0.619. The molecule has 1 aromatic rings. The summed E-state index contributed by atoms with van der Waals surface area (Å²) >= 11 is 0. The van der Waals surface area contributed by atoms with Gasteiger partial charge in [0, 0.05) is 45.4 Å². The molecule has 7 nitrogen and oxygen atoms in total. The molecule has 0 radical (unpaired) electrons. The second kappa shape index (κ2) is 10.4. The molecule has 28 heavy (non-hydrogen) atoms. The summed E-state index contributed by atoms with van der Waals surface area (Å²) < 4.78 is 11.8. The molecule has 2 aliphatic heterocycles. The van der Waals surface area contributed by atoms with Crippen molar-refractivity contribution in [2.24, 2.45) is 4.99 Å². The van der Waals surface area contributed by atoms with Gasteiger partial charge in [-0.1, -0.05) is 12.1 Å². The molecule has 3 rings (SSSR count). The molecule has 0 bridgehead atoms. The van der Waals surface area contributed by atoms with Gasteiger partial charge in [0.1, 0.15) is 6.10 Å². The van der Waals surface area contributed by atoms with Gasteiger partial charge in [-0.05, 0) is 43.9 Å². The van der Waals surface area contributed by atoms with E-state index in [9.17, 15) is 4.79 Å². The number of carbonyl (C=O) groups is 1. The number of carbonyl (C=O) groups excluding carboxylic acids is 1. The van der Waals surface area contributed by atoms with Crippen LogP contribution in [0.4, 0.5) is 5.69 Å². The van der Waals surface area contributed by atoms with Crippen molar-refractivity contribution in [1.29, 1.82) is 0 Å². The average Bonchev–Trinajstić information content (AvgIpc) is 3.23. The zero-order chi connectivity index (χ0) is 19.8. The van der Waals surface area contributed by atoms with Crippen molar-refractivity contribution in [3.8, 4) is 0 Å². The minimum Gasteiger partial charge on any atom is -0.375 e. The molecule has 0 spiro atoms. The third-order valence-electron chi connectivity index (χ3n) is 5.04. The van der Waals surface area contributed by atoms with Crippen molar-refractivity contribution >= 4 is 17.6 Å². The number of nitrogens with one attached hydrogen (secondary N) is 2. The molecule has 1 aromatic carbocycles. The molecule has 2 saturated heterocycles. The Morgan fingerprint density at radius 2 is 2.00 bits per heavy atom. The monoisotopic (exact) mass is 388 g/mol. The molecule has 2 heterocycles. The predicted octanol–water partition coefficient (Wildman–Crippen LogP) is 2.03. The molecule has 2 aliphatic rings. The summed E-state index contributed by atoms with van der Waals surface area (Å²) in [5.74, 6) is 0.892. The van der Waals surface area contributed by atoms with E-state index in [1.807, 2.05) is 24.3 Å². The van der Waals surface area contributed by atoms with Crippen molar-refractivity contribution in [2.45, 2.75) is 45.3 Å². The van der Waals surface area contributed by atoms with Crippen LogP contribution in [0.1, 0.15) is 32.3 Å². The minimum atomic E-state index is -0.0561. The van der Waals surface area contributed by atoms with E-state index in [0.717, 1.165) is 57.2 Å². The van der Waals surface area contributed by atoms with Crippen LogP contribution >= 0.6 is 0 Å². The van der Waals surface area contributed by atoms with Gasteiger partial charge in [0.25, 0.3) is 0 Å². The maximum Gasteiger partial charge on any atom is 0.221 e. The number of nitrogens with zero attached hydrogens (tertiary/aromatic N) is 2. The van der Waals surface area contributed by atoms with E-state index in [1.165, 1.54) is 12.5 Å². The van der Waals surface area contributed by atoms with Gasteiger partial charge in [0.2, 0.25) is 5.91 Å². The summed E-state index contributed by atoms with van der Waals surface area (Å²) in [6.07, 6.45) is 3.41. The smallest absolute Gasteiger partial charge is 0.221 e. The Morgan fingerprint density at radius 1 is 1.21 bits per heavy atom. The number of anilines is 1. The second-order valence-corrected chi connectivity index (χ2v) is 7.27. The van der Waals surface area contributed by atoms with Gasteiger partial charge in [-0.3, -0.25) is 9.79 Å². The van der Waals surface area contributed by atoms with Crippen LogP contribution in [0.25, 0.3) is 0 Å². The van der Waals surface area contributed by atoms with Crippen molar-refractivity contribution in [2.75, 3.05) is 44.7 Å². The largest absolute Gasteiger partial charge is 0.375 e. The summed E-state index contributed by atoms with van der Waals surface area (Å²) in [5, 5.41) is 6.20. The first-order chi connectivity index (χ1) is 13.7. The molecule has 2 fully saturated rings. The van der Waals surface area contributed by atoms with Crippen LogP contribution in [0.15, 0.2) is 29.3 Å². The molecule has 2 N–H and O–H groups in total. The molecule has 2 atom stereocenters. The summed E-state index contributed by atoms with van der Waals surface area (Å²) in [5.41, 5.74) is 2.02. The number of rotatable bonds is 6. The Kier molecular flexibility index (Phi) is 7.68. The highest BCUT2D eigenvalue weighted by molar-refractivity contribution is 5.88. The molecule has 2 unspecified atom stereocenters. The third-order valence-corrected chi connectivity index (χ3v) is 5.04. The Hall–Kier alpha value is -2.12. The Morgan fingerprint density at radius 3 is 2.68 bits per heavy atom. The lowest BCUT2D eigenvalue weighted by Gasteiger charge is -2.37. The van der Waals surface area contributed by atoms with E-state index < -0.39 is 0 Å². The number of aliphatic imine (C=N–C) groups is 1. The zero-order valence-electron chi connectivity index (χ0n) is 16.9. The molecule has 1 amide bonds. The highest BCUT2D eigenvalue weighted by Crippen LogP contribution is 2.21. The number of morpholine rings is 1. The first kappa shape index (κ1) is 20.6. The first-order valence-electron chi connectivity index (χ1n) is 10.3. The SMILES string of the molecule is CCNC(=NCCc1ccc(NC(C)=O)cc1)N1CCOC(C2CCCO2)C1. The van der Waals surface area contributed by atoms with Crippen LogP contribution < -0.4 is 10.6 Å². The molecule has 0 aromatic heterocycles. The minimum absolute atomic E-state index is 0.0561. The normalized spacial score (nSPS) is 22.9. The zero-order valence-corrected chi connectivity index (χ0v) is 16.9. The lowest BCUT2D eigenvalue weighted by molar-refractivity contribution is -0.114. The number of amides is 1. The van der Waals surface area contributed by atoms with E-state index >= 15 is 0 Å². The van der Waals surface area contributed by atoms with Crippen molar-refractivity contribution < 1.29 is 14.3 Å². The van der Waals surface area contributed by atoms with Gasteiger partial charge < -0.3 is 25.0 Å². The number of guanidine groups is 1. The van der Waals surface area contributed by atoms with E-state index in [4.69, 9.17) is 14.5 Å². The van der Waals surface area contributed by atoms with Gasteiger partial charge in [0.05, 0.1) is 12.7 Å². The maximum absolute atomic E-state index is 11.1. The summed E-state index contributed by atoms with van der Waals surface area (Å²) in [6.45, 7) is 8.38. The number of hydrogen-bond acceptors (Lipinski definition) is 4. The molecule has 154 valence electrons. The highest BCUT2D eigenvalue weighted by Gasteiger charge is 2.32. The van der Waals surface area contributed by atoms with Crippen LogP contribution in [-0.4, -0.2) is 68.4 Å². The lowest BCUT2D eigenvalue weighted by Crippen LogP contribution is -2.53. The number of hydrogen-bond donors (Lipinski definition) is 2. The van der Waals surface area contributed by atoms with Crippen LogP contribution in [-0.2, 0) is 20.7 Å². The molecular weight excluding hydrogens is 356 g/mol. The maximum atomic E-state index is 11.1. The van der Waals surface area contributed by atoms with Crippen LogP contribution in [0.2, 0.25) is 0 Å². The van der Waals surface area contributed by atoms with Crippen LogP contribution in [0.3, 0.4) is 0 Å². The standard InChI is InChI=1S/C21H32N4O3/c1-3-22-21(25-12-14-28-20(15-25)19-5-4-13-27-19)23-11-10-17-6-8-18(9-7-17)24-16(2)26/h6-9,19-20H,3-5,10-15H2,1-2H3,(H,22,23)(H,24,26). The van der Waals surface area contributed by atoms with Gasteiger partial charge in [-0.2, -0.15) is 0 Å². The average molecular weight is 389 g/mol. The lowest BCUT2D eigenvalue weighted by atomic mass is 10.1. The fourth-order valence-electron chi connectivity index (χ4n) is 3.66.